The predicted octanol–water partition coefficient (Wildman–Crippen LogP) is 2.00. The summed E-state index contributed by atoms with van der Waals surface area (Å²) in [4.78, 5) is 2.12. The van der Waals surface area contributed by atoms with Crippen LogP contribution in [0.3, 0.4) is 0 Å². The van der Waals surface area contributed by atoms with Gasteiger partial charge in [0.25, 0.3) is 0 Å². The van der Waals surface area contributed by atoms with E-state index in [1.165, 1.54) is 0 Å². The van der Waals surface area contributed by atoms with E-state index in [0.717, 1.165) is 29.2 Å². The van der Waals surface area contributed by atoms with Crippen molar-refractivity contribution in [2.24, 2.45) is 0 Å². The van der Waals surface area contributed by atoms with Crippen molar-refractivity contribution in [3.63, 3.8) is 0 Å². The molecule has 0 spiro atoms. The third-order valence-electron chi connectivity index (χ3n) is 2.77. The Bertz CT molecular complexity index is 388. The van der Waals surface area contributed by atoms with Crippen LogP contribution < -0.4 is 9.47 Å². The smallest absolute Gasteiger partial charge is 0.165 e. The van der Waals surface area contributed by atoms with Crippen LogP contribution >= 0.6 is 0 Å². The highest BCUT2D eigenvalue weighted by Crippen LogP contribution is 2.37. The lowest BCUT2D eigenvalue weighted by atomic mass is 10.1. The molecule has 1 aliphatic rings. The molecule has 16 heavy (non-hydrogen) atoms. The Morgan fingerprint density at radius 1 is 1.19 bits per heavy atom. The molecule has 0 amide bonds. The minimum atomic E-state index is 0.128. The van der Waals surface area contributed by atoms with Crippen molar-refractivity contribution in [3.8, 4) is 11.5 Å². The highest BCUT2D eigenvalue weighted by atomic mass is 16.6. The zero-order valence-electron chi connectivity index (χ0n) is 10.4. The lowest BCUT2D eigenvalue weighted by Crippen LogP contribution is -2.38. The minimum Gasteiger partial charge on any atom is -0.485 e. The van der Waals surface area contributed by atoms with Crippen molar-refractivity contribution < 1.29 is 9.47 Å². The van der Waals surface area contributed by atoms with Crippen LogP contribution in [0, 0.1) is 13.8 Å². The fourth-order valence-corrected chi connectivity index (χ4v) is 1.96. The molecule has 0 aromatic heterocycles. The van der Waals surface area contributed by atoms with E-state index in [2.05, 4.69) is 24.0 Å². The number of nitrogens with zero attached hydrogens (tertiary/aromatic N) is 1. The molecule has 1 atom stereocenters. The number of likely N-dealkylation sites (N-methyl/N-ethyl adjacent to an activating group) is 1. The normalized spacial score (nSPS) is 18.9. The highest BCUT2D eigenvalue weighted by molar-refractivity contribution is 5.51. The summed E-state index contributed by atoms with van der Waals surface area (Å²) >= 11 is 0. The molecule has 88 valence electrons. The SMILES string of the molecule is Cc1ccc(C)c2c1OC[C@@H](CN(C)C)O2. The van der Waals surface area contributed by atoms with E-state index < -0.39 is 0 Å². The zero-order chi connectivity index (χ0) is 11.7. The molecule has 1 heterocycles. The van der Waals surface area contributed by atoms with Crippen LogP contribution in [0.15, 0.2) is 12.1 Å². The highest BCUT2D eigenvalue weighted by Gasteiger charge is 2.24. The second-order valence-electron chi connectivity index (χ2n) is 4.67. The molecule has 0 bridgehead atoms. The quantitative estimate of drug-likeness (QED) is 0.762. The van der Waals surface area contributed by atoms with Gasteiger partial charge in [-0.15, -0.1) is 0 Å². The molecule has 3 nitrogen and oxygen atoms in total. The maximum absolute atomic E-state index is 5.99. The monoisotopic (exact) mass is 221 g/mol. The standard InChI is InChI=1S/C13H19NO2/c1-9-5-6-10(2)13-12(9)15-8-11(16-13)7-14(3)4/h5-6,11H,7-8H2,1-4H3/t11-/m1/s1. The average molecular weight is 221 g/mol. The molecule has 0 N–H and O–H groups in total. The van der Waals surface area contributed by atoms with Crippen molar-refractivity contribution in [2.75, 3.05) is 27.2 Å². The van der Waals surface area contributed by atoms with E-state index >= 15 is 0 Å². The van der Waals surface area contributed by atoms with Gasteiger partial charge in [0, 0.05) is 6.54 Å². The second kappa shape index (κ2) is 4.34. The van der Waals surface area contributed by atoms with Crippen LogP contribution in [-0.2, 0) is 0 Å². The largest absolute Gasteiger partial charge is 0.485 e. The van der Waals surface area contributed by atoms with E-state index in [0.29, 0.717) is 6.61 Å². The van der Waals surface area contributed by atoms with Gasteiger partial charge in [0.15, 0.2) is 11.5 Å². The Morgan fingerprint density at radius 2 is 1.81 bits per heavy atom. The number of fused-ring (bicyclic) bond motifs is 1. The van der Waals surface area contributed by atoms with E-state index in [1.54, 1.807) is 0 Å². The summed E-state index contributed by atoms with van der Waals surface area (Å²) < 4.78 is 11.8. The van der Waals surface area contributed by atoms with Crippen molar-refractivity contribution in [3.05, 3.63) is 23.3 Å². The first-order chi connectivity index (χ1) is 7.58. The van der Waals surface area contributed by atoms with Crippen molar-refractivity contribution >= 4 is 0 Å². The number of hydrogen-bond donors (Lipinski definition) is 0. The molecule has 0 aliphatic carbocycles. The van der Waals surface area contributed by atoms with Gasteiger partial charge in [0.1, 0.15) is 12.7 Å². The maximum atomic E-state index is 5.99. The van der Waals surface area contributed by atoms with Gasteiger partial charge < -0.3 is 14.4 Å². The molecular weight excluding hydrogens is 202 g/mol. The summed E-state index contributed by atoms with van der Waals surface area (Å²) in [6, 6.07) is 4.15. The molecule has 0 saturated carbocycles. The van der Waals surface area contributed by atoms with E-state index in [1.807, 2.05) is 21.0 Å². The third kappa shape index (κ3) is 2.14. The molecule has 1 aliphatic heterocycles. The van der Waals surface area contributed by atoms with Crippen LogP contribution in [0.4, 0.5) is 0 Å². The fourth-order valence-electron chi connectivity index (χ4n) is 1.96. The van der Waals surface area contributed by atoms with E-state index in [9.17, 15) is 0 Å². The Labute approximate surface area is 97.0 Å². The van der Waals surface area contributed by atoms with Gasteiger partial charge in [-0.2, -0.15) is 0 Å². The first-order valence-electron chi connectivity index (χ1n) is 5.62. The molecule has 0 saturated heterocycles. The van der Waals surface area contributed by atoms with Crippen LogP contribution in [0.25, 0.3) is 0 Å². The summed E-state index contributed by atoms with van der Waals surface area (Å²) in [7, 11) is 4.09. The van der Waals surface area contributed by atoms with Gasteiger partial charge in [0.2, 0.25) is 0 Å². The average Bonchev–Trinajstić information content (AvgIpc) is 2.23. The number of hydrogen-bond acceptors (Lipinski definition) is 3. The number of benzene rings is 1. The lowest BCUT2D eigenvalue weighted by molar-refractivity contribution is 0.0697. The Morgan fingerprint density at radius 3 is 2.44 bits per heavy atom. The van der Waals surface area contributed by atoms with Gasteiger partial charge in [-0.3, -0.25) is 0 Å². The Hall–Kier alpha value is -1.22. The van der Waals surface area contributed by atoms with Crippen molar-refractivity contribution in [1.82, 2.24) is 4.90 Å². The van der Waals surface area contributed by atoms with Crippen LogP contribution in [0.5, 0.6) is 11.5 Å². The van der Waals surface area contributed by atoms with Gasteiger partial charge in [-0.1, -0.05) is 12.1 Å². The molecule has 0 radical (unpaired) electrons. The topological polar surface area (TPSA) is 21.7 Å². The Balaban J connectivity index is 2.23. The van der Waals surface area contributed by atoms with Crippen LogP contribution in [-0.4, -0.2) is 38.3 Å². The minimum absolute atomic E-state index is 0.128. The van der Waals surface area contributed by atoms with E-state index in [-0.39, 0.29) is 6.10 Å². The van der Waals surface area contributed by atoms with Gasteiger partial charge >= 0.3 is 0 Å². The second-order valence-corrected chi connectivity index (χ2v) is 4.67. The van der Waals surface area contributed by atoms with E-state index in [4.69, 9.17) is 9.47 Å². The molecule has 1 aromatic rings. The van der Waals surface area contributed by atoms with Crippen LogP contribution in [0.2, 0.25) is 0 Å². The number of ether oxygens (including phenoxy) is 2. The summed E-state index contributed by atoms with van der Waals surface area (Å²) in [6.45, 7) is 5.62. The van der Waals surface area contributed by atoms with Crippen molar-refractivity contribution in [1.29, 1.82) is 0 Å². The summed E-state index contributed by atoms with van der Waals surface area (Å²) in [5, 5.41) is 0. The fraction of sp³-hybridized carbons (Fsp3) is 0.538. The van der Waals surface area contributed by atoms with Crippen LogP contribution in [0.1, 0.15) is 11.1 Å². The van der Waals surface area contributed by atoms with Gasteiger partial charge in [-0.05, 0) is 39.1 Å². The first kappa shape index (κ1) is 11.3. The lowest BCUT2D eigenvalue weighted by Gasteiger charge is -2.30. The number of rotatable bonds is 2. The predicted molar refractivity (Wildman–Crippen MR) is 64.4 cm³/mol. The maximum Gasteiger partial charge on any atom is 0.165 e. The summed E-state index contributed by atoms with van der Waals surface area (Å²) in [6.07, 6.45) is 0.128. The molecule has 1 aromatic carbocycles. The summed E-state index contributed by atoms with van der Waals surface area (Å²) in [5.41, 5.74) is 2.29. The summed E-state index contributed by atoms with van der Waals surface area (Å²) in [5.74, 6) is 1.83. The van der Waals surface area contributed by atoms with Gasteiger partial charge in [-0.25, -0.2) is 0 Å². The Kier molecular flexibility index (Phi) is 3.06. The molecular formula is C13H19NO2. The van der Waals surface area contributed by atoms with Gasteiger partial charge in [0.05, 0.1) is 0 Å². The zero-order valence-corrected chi connectivity index (χ0v) is 10.4. The third-order valence-corrected chi connectivity index (χ3v) is 2.77. The van der Waals surface area contributed by atoms with Crippen molar-refractivity contribution in [2.45, 2.75) is 20.0 Å². The molecule has 0 unspecified atom stereocenters. The molecule has 3 heteroatoms. The molecule has 2 rings (SSSR count). The molecule has 0 fully saturated rings. The number of aryl methyl sites for hydroxylation is 2. The first-order valence-corrected chi connectivity index (χ1v) is 5.62.